The Labute approximate surface area is 151 Å². The monoisotopic (exact) mass is 342 g/mol. The first-order valence-electron chi connectivity index (χ1n) is 8.51. The van der Waals surface area contributed by atoms with Crippen molar-refractivity contribution in [2.75, 3.05) is 32.1 Å². The minimum Gasteiger partial charge on any atom is -0.362 e. The summed E-state index contributed by atoms with van der Waals surface area (Å²) in [5, 5.41) is 4.20. The molecule has 0 saturated carbocycles. The van der Waals surface area contributed by atoms with Gasteiger partial charge in [0.05, 0.1) is 27.2 Å². The van der Waals surface area contributed by atoms with E-state index >= 15 is 0 Å². The molecule has 0 radical (unpaired) electrons. The molecule has 0 heterocycles. The fourth-order valence-corrected chi connectivity index (χ4v) is 2.78. The van der Waals surface area contributed by atoms with Crippen LogP contribution in [-0.2, 0) is 6.54 Å². The van der Waals surface area contributed by atoms with E-state index in [2.05, 4.69) is 79.8 Å². The van der Waals surface area contributed by atoms with Gasteiger partial charge < -0.3 is 15.1 Å². The predicted molar refractivity (Wildman–Crippen MR) is 107 cm³/mol. The molecule has 2 aromatic carbocycles. The van der Waals surface area contributed by atoms with Gasteiger partial charge in [0.2, 0.25) is 0 Å². The van der Waals surface area contributed by atoms with Gasteiger partial charge in [0.15, 0.2) is 5.11 Å². The van der Waals surface area contributed by atoms with Gasteiger partial charge in [-0.15, -0.1) is 0 Å². The highest BCUT2D eigenvalue weighted by Crippen LogP contribution is 2.18. The normalized spacial score (nSPS) is 10.7. The zero-order chi connectivity index (χ0) is 17.4. The first-order valence-corrected chi connectivity index (χ1v) is 8.92. The largest absolute Gasteiger partial charge is 0.362 e. The molecule has 0 aliphatic heterocycles. The van der Waals surface area contributed by atoms with E-state index in [0.717, 1.165) is 36.9 Å². The average molecular weight is 343 g/mol. The van der Waals surface area contributed by atoms with Crippen molar-refractivity contribution < 1.29 is 4.90 Å². The third-order valence-electron chi connectivity index (χ3n) is 3.90. The summed E-state index contributed by atoms with van der Waals surface area (Å²) in [6.45, 7) is 4.92. The minimum absolute atomic E-state index is 0.772. The quantitative estimate of drug-likeness (QED) is 0.595. The van der Waals surface area contributed by atoms with Crippen LogP contribution in [0.5, 0.6) is 0 Å². The van der Waals surface area contributed by atoms with Gasteiger partial charge in [-0.3, -0.25) is 0 Å². The van der Waals surface area contributed by atoms with E-state index in [4.69, 9.17) is 12.2 Å². The molecule has 0 saturated heterocycles. The summed E-state index contributed by atoms with van der Waals surface area (Å²) < 4.78 is 0. The third-order valence-corrected chi connectivity index (χ3v) is 4.27. The predicted octanol–water partition coefficient (Wildman–Crippen LogP) is 2.41. The van der Waals surface area contributed by atoms with Crippen LogP contribution in [0.4, 0.5) is 5.69 Å². The highest BCUT2D eigenvalue weighted by Gasteiger charge is 2.12. The molecule has 128 valence electrons. The lowest BCUT2D eigenvalue weighted by Crippen LogP contribution is -3.05. The van der Waals surface area contributed by atoms with Gasteiger partial charge >= 0.3 is 0 Å². The van der Waals surface area contributed by atoms with Crippen LogP contribution in [0.25, 0.3) is 0 Å². The number of anilines is 1. The van der Waals surface area contributed by atoms with E-state index < -0.39 is 0 Å². The maximum absolute atomic E-state index is 5.68. The second kappa shape index (κ2) is 9.40. The Balaban J connectivity index is 2.07. The lowest BCUT2D eigenvalue weighted by molar-refractivity contribution is -0.858. The number of hydrogen-bond acceptors (Lipinski definition) is 1. The van der Waals surface area contributed by atoms with Crippen LogP contribution in [0.1, 0.15) is 17.5 Å². The van der Waals surface area contributed by atoms with Crippen LogP contribution in [0.3, 0.4) is 0 Å². The van der Waals surface area contributed by atoms with Crippen LogP contribution < -0.4 is 15.1 Å². The Morgan fingerprint density at radius 3 is 2.33 bits per heavy atom. The van der Waals surface area contributed by atoms with Crippen LogP contribution in [-0.4, -0.2) is 32.3 Å². The van der Waals surface area contributed by atoms with E-state index in [0.29, 0.717) is 0 Å². The minimum atomic E-state index is 0.772. The molecule has 0 atom stereocenters. The van der Waals surface area contributed by atoms with Crippen LogP contribution in [0, 0.1) is 6.92 Å². The molecule has 0 fully saturated rings. The first kappa shape index (κ1) is 18.4. The molecular weight excluding hydrogens is 314 g/mol. The van der Waals surface area contributed by atoms with Gasteiger partial charge in [-0.2, -0.15) is 0 Å². The smallest absolute Gasteiger partial charge is 0.173 e. The number of nitrogens with zero attached hydrogens (tertiary/aromatic N) is 1. The Bertz CT molecular complexity index is 623. The van der Waals surface area contributed by atoms with E-state index in [1.165, 1.54) is 16.0 Å². The van der Waals surface area contributed by atoms with Crippen molar-refractivity contribution in [3.05, 3.63) is 65.7 Å². The number of thiocarbonyl (C=S) groups is 1. The van der Waals surface area contributed by atoms with E-state index in [-0.39, 0.29) is 0 Å². The van der Waals surface area contributed by atoms with Crippen molar-refractivity contribution in [1.29, 1.82) is 0 Å². The molecule has 0 aliphatic rings. The van der Waals surface area contributed by atoms with Gasteiger partial charge in [-0.05, 0) is 36.8 Å². The molecule has 0 aromatic heterocycles. The Hall–Kier alpha value is -1.91. The lowest BCUT2D eigenvalue weighted by atomic mass is 10.2. The van der Waals surface area contributed by atoms with Gasteiger partial charge in [0.25, 0.3) is 0 Å². The number of quaternary nitrogens is 1. The zero-order valence-corrected chi connectivity index (χ0v) is 15.7. The summed E-state index contributed by atoms with van der Waals surface area (Å²) in [4.78, 5) is 3.63. The molecule has 0 amide bonds. The first-order chi connectivity index (χ1) is 11.6. The highest BCUT2D eigenvalue weighted by molar-refractivity contribution is 7.80. The van der Waals surface area contributed by atoms with Crippen LogP contribution in [0.15, 0.2) is 54.6 Å². The summed E-state index contributed by atoms with van der Waals surface area (Å²) in [6.07, 6.45) is 1.11. The molecule has 24 heavy (non-hydrogen) atoms. The van der Waals surface area contributed by atoms with Crippen molar-refractivity contribution in [3.8, 4) is 0 Å². The number of rotatable bonds is 7. The standard InChI is InChI=1S/C20H27N3S/c1-17-10-12-19(13-11-17)23(16-18-8-5-4-6-9-18)20(24)21-14-7-15-22(2)3/h4-6,8-13H,7,14-16H2,1-3H3,(H,21,24)/p+1. The molecule has 0 bridgehead atoms. The Morgan fingerprint density at radius 1 is 1.04 bits per heavy atom. The van der Waals surface area contributed by atoms with Crippen molar-refractivity contribution in [3.63, 3.8) is 0 Å². The van der Waals surface area contributed by atoms with Crippen LogP contribution in [0.2, 0.25) is 0 Å². The molecule has 3 nitrogen and oxygen atoms in total. The van der Waals surface area contributed by atoms with E-state index in [1.54, 1.807) is 0 Å². The molecular formula is C20H28N3S+. The molecule has 0 aliphatic carbocycles. The lowest BCUT2D eigenvalue weighted by Gasteiger charge is -2.26. The fourth-order valence-electron chi connectivity index (χ4n) is 2.50. The molecule has 2 rings (SSSR count). The highest BCUT2D eigenvalue weighted by atomic mass is 32.1. The van der Waals surface area contributed by atoms with Crippen molar-refractivity contribution in [2.24, 2.45) is 0 Å². The summed E-state index contributed by atoms with van der Waals surface area (Å²) in [6, 6.07) is 19.0. The van der Waals surface area contributed by atoms with Crippen molar-refractivity contribution in [2.45, 2.75) is 19.9 Å². The number of hydrogen-bond donors (Lipinski definition) is 2. The topological polar surface area (TPSA) is 19.7 Å². The molecule has 2 aromatic rings. The molecule has 0 spiro atoms. The maximum atomic E-state index is 5.68. The number of nitrogens with one attached hydrogen (secondary N) is 2. The van der Waals surface area contributed by atoms with E-state index in [9.17, 15) is 0 Å². The fraction of sp³-hybridized carbons (Fsp3) is 0.350. The van der Waals surface area contributed by atoms with E-state index in [1.807, 2.05) is 6.07 Å². The molecule has 0 unspecified atom stereocenters. The Morgan fingerprint density at radius 2 is 1.71 bits per heavy atom. The van der Waals surface area contributed by atoms with Crippen LogP contribution >= 0.6 is 12.2 Å². The molecule has 2 N–H and O–H groups in total. The maximum Gasteiger partial charge on any atom is 0.173 e. The van der Waals surface area contributed by atoms with Crippen molar-refractivity contribution in [1.82, 2.24) is 5.32 Å². The van der Waals surface area contributed by atoms with Crippen molar-refractivity contribution >= 4 is 23.0 Å². The van der Waals surface area contributed by atoms with Gasteiger partial charge in [-0.25, -0.2) is 0 Å². The SMILES string of the molecule is Cc1ccc(N(Cc2ccccc2)C(=S)NCCC[NH+](C)C)cc1. The zero-order valence-electron chi connectivity index (χ0n) is 14.9. The summed E-state index contributed by atoms with van der Waals surface area (Å²) in [7, 11) is 4.35. The second-order valence-electron chi connectivity index (χ2n) is 6.45. The average Bonchev–Trinajstić information content (AvgIpc) is 2.58. The molecule has 4 heteroatoms. The van der Waals surface area contributed by atoms with Gasteiger partial charge in [0, 0.05) is 18.7 Å². The second-order valence-corrected chi connectivity index (χ2v) is 6.84. The van der Waals surface area contributed by atoms with Gasteiger partial charge in [0.1, 0.15) is 0 Å². The number of benzene rings is 2. The van der Waals surface area contributed by atoms with Gasteiger partial charge in [-0.1, -0.05) is 48.0 Å². The Kier molecular flexibility index (Phi) is 7.22. The third kappa shape index (κ3) is 5.95. The summed E-state index contributed by atoms with van der Waals surface area (Å²) in [5.41, 5.74) is 3.63. The summed E-state index contributed by atoms with van der Waals surface area (Å²) in [5.74, 6) is 0. The summed E-state index contributed by atoms with van der Waals surface area (Å²) >= 11 is 5.68. The number of aryl methyl sites for hydroxylation is 1.